The molecule has 1 N–H and O–H groups in total. The Kier molecular flexibility index (Phi) is 4.58. The number of benzene rings is 1. The molecule has 0 fully saturated rings. The van der Waals surface area contributed by atoms with Crippen LogP contribution in [0.5, 0.6) is 5.75 Å². The number of amides is 1. The maximum atomic E-state index is 12.3. The van der Waals surface area contributed by atoms with E-state index in [1.807, 2.05) is 19.1 Å². The Morgan fingerprint density at radius 2 is 2.16 bits per heavy atom. The molecule has 5 heteroatoms. The number of ether oxygens (including phenoxy) is 1. The van der Waals surface area contributed by atoms with Crippen LogP contribution in [0.3, 0.4) is 0 Å². The molecule has 0 unspecified atom stereocenters. The van der Waals surface area contributed by atoms with E-state index in [1.165, 1.54) is 0 Å². The van der Waals surface area contributed by atoms with Crippen LogP contribution >= 0.6 is 23.2 Å². The van der Waals surface area contributed by atoms with Crippen molar-refractivity contribution in [1.82, 2.24) is 5.32 Å². The molecule has 0 saturated heterocycles. The lowest BCUT2D eigenvalue weighted by Gasteiger charge is -2.29. The summed E-state index contributed by atoms with van der Waals surface area (Å²) >= 11 is 11.9. The molecule has 0 aliphatic carbocycles. The van der Waals surface area contributed by atoms with Crippen molar-refractivity contribution in [2.75, 3.05) is 18.4 Å². The Morgan fingerprint density at radius 3 is 2.79 bits per heavy atom. The van der Waals surface area contributed by atoms with Gasteiger partial charge < -0.3 is 10.1 Å². The molecular weight excluding hydrogens is 285 g/mol. The molecule has 3 nitrogen and oxygen atoms in total. The monoisotopic (exact) mass is 301 g/mol. The van der Waals surface area contributed by atoms with Gasteiger partial charge in [-0.15, -0.1) is 23.2 Å². The number of carbonyl (C=O) groups is 1. The van der Waals surface area contributed by atoms with E-state index in [-0.39, 0.29) is 5.91 Å². The fourth-order valence-corrected chi connectivity index (χ4v) is 2.82. The van der Waals surface area contributed by atoms with E-state index in [2.05, 4.69) is 5.32 Å². The molecule has 1 aliphatic rings. The molecule has 0 radical (unpaired) electrons. The summed E-state index contributed by atoms with van der Waals surface area (Å²) in [5.41, 5.74) is 1.15. The van der Waals surface area contributed by atoms with Gasteiger partial charge in [-0.3, -0.25) is 4.79 Å². The standard InChI is InChI=1S/C14H17Cl2NO2/c1-2-14(8-15,9-16)17-13(18)11-3-4-12-10(7-11)5-6-19-12/h3-4,7H,2,5-6,8-9H2,1H3,(H,17,18). The van der Waals surface area contributed by atoms with Crippen LogP contribution in [0.4, 0.5) is 0 Å². The lowest BCUT2D eigenvalue weighted by molar-refractivity contribution is 0.0913. The number of hydrogen-bond acceptors (Lipinski definition) is 2. The quantitative estimate of drug-likeness (QED) is 0.849. The molecule has 19 heavy (non-hydrogen) atoms. The molecular formula is C14H17Cl2NO2. The smallest absolute Gasteiger partial charge is 0.251 e. The van der Waals surface area contributed by atoms with Crippen molar-refractivity contribution in [2.45, 2.75) is 25.3 Å². The highest BCUT2D eigenvalue weighted by molar-refractivity contribution is 6.22. The number of halogens is 2. The summed E-state index contributed by atoms with van der Waals surface area (Å²) in [6.07, 6.45) is 1.54. The molecule has 0 saturated carbocycles. The molecule has 0 atom stereocenters. The topological polar surface area (TPSA) is 38.3 Å². The van der Waals surface area contributed by atoms with Gasteiger partial charge in [0.25, 0.3) is 5.91 Å². The average molecular weight is 302 g/mol. The van der Waals surface area contributed by atoms with Crippen LogP contribution in [0.1, 0.15) is 29.3 Å². The zero-order valence-corrected chi connectivity index (χ0v) is 12.4. The molecule has 0 bridgehead atoms. The van der Waals surface area contributed by atoms with Crippen molar-refractivity contribution in [3.8, 4) is 5.75 Å². The van der Waals surface area contributed by atoms with E-state index >= 15 is 0 Å². The van der Waals surface area contributed by atoms with Crippen LogP contribution in [0, 0.1) is 0 Å². The number of fused-ring (bicyclic) bond motifs is 1. The van der Waals surface area contributed by atoms with Crippen LogP contribution in [0.15, 0.2) is 18.2 Å². The van der Waals surface area contributed by atoms with Crippen molar-refractivity contribution < 1.29 is 9.53 Å². The predicted molar refractivity (Wildman–Crippen MR) is 77.6 cm³/mol. The normalized spacial score (nSPS) is 13.8. The predicted octanol–water partition coefficient (Wildman–Crippen LogP) is 2.98. The van der Waals surface area contributed by atoms with E-state index < -0.39 is 5.54 Å². The molecule has 0 spiro atoms. The van der Waals surface area contributed by atoms with Crippen molar-refractivity contribution in [3.05, 3.63) is 29.3 Å². The second-order valence-electron chi connectivity index (χ2n) is 4.78. The highest BCUT2D eigenvalue weighted by Gasteiger charge is 2.29. The maximum absolute atomic E-state index is 12.3. The zero-order valence-electron chi connectivity index (χ0n) is 10.8. The Hall–Kier alpha value is -0.930. The van der Waals surface area contributed by atoms with Gasteiger partial charge in [0.1, 0.15) is 5.75 Å². The Labute approximate surface area is 123 Å². The second kappa shape index (κ2) is 6.02. The third kappa shape index (κ3) is 2.98. The van der Waals surface area contributed by atoms with Crippen molar-refractivity contribution in [2.24, 2.45) is 0 Å². The van der Waals surface area contributed by atoms with Crippen LogP contribution in [-0.4, -0.2) is 29.8 Å². The molecule has 1 amide bonds. The first kappa shape index (κ1) is 14.5. The summed E-state index contributed by atoms with van der Waals surface area (Å²) in [4.78, 5) is 12.3. The molecule has 2 rings (SSSR count). The number of hydrogen-bond donors (Lipinski definition) is 1. The van der Waals surface area contributed by atoms with Gasteiger partial charge in [0.05, 0.1) is 12.1 Å². The van der Waals surface area contributed by atoms with Crippen molar-refractivity contribution in [3.63, 3.8) is 0 Å². The van der Waals surface area contributed by atoms with Gasteiger partial charge in [-0.05, 0) is 30.2 Å². The summed E-state index contributed by atoms with van der Waals surface area (Å²) in [6, 6.07) is 5.48. The third-order valence-electron chi connectivity index (χ3n) is 3.52. The minimum Gasteiger partial charge on any atom is -0.493 e. The van der Waals surface area contributed by atoms with E-state index in [4.69, 9.17) is 27.9 Å². The van der Waals surface area contributed by atoms with Crippen molar-refractivity contribution in [1.29, 1.82) is 0 Å². The van der Waals surface area contributed by atoms with Crippen LogP contribution in [0.2, 0.25) is 0 Å². The number of rotatable bonds is 5. The highest BCUT2D eigenvalue weighted by Crippen LogP contribution is 2.26. The summed E-state index contributed by atoms with van der Waals surface area (Å²) < 4.78 is 5.42. The molecule has 0 aromatic heterocycles. The SMILES string of the molecule is CCC(CCl)(CCl)NC(=O)c1ccc2c(c1)CCO2. The minimum atomic E-state index is -0.546. The van der Waals surface area contributed by atoms with Crippen LogP contribution in [0.25, 0.3) is 0 Å². The van der Waals surface area contributed by atoms with Gasteiger partial charge in [-0.2, -0.15) is 0 Å². The summed E-state index contributed by atoms with van der Waals surface area (Å²) in [7, 11) is 0. The van der Waals surface area contributed by atoms with E-state index in [0.29, 0.717) is 30.4 Å². The fourth-order valence-electron chi connectivity index (χ4n) is 2.02. The third-order valence-corrected chi connectivity index (χ3v) is 4.54. The number of carbonyl (C=O) groups excluding carboxylic acids is 1. The Balaban J connectivity index is 2.16. The lowest BCUT2D eigenvalue weighted by Crippen LogP contribution is -2.51. The highest BCUT2D eigenvalue weighted by atomic mass is 35.5. The first-order chi connectivity index (χ1) is 9.14. The van der Waals surface area contributed by atoms with Gasteiger partial charge in [0, 0.05) is 23.7 Å². The first-order valence-corrected chi connectivity index (χ1v) is 7.41. The molecule has 1 aliphatic heterocycles. The van der Waals surface area contributed by atoms with Gasteiger partial charge >= 0.3 is 0 Å². The zero-order chi connectivity index (χ0) is 13.9. The van der Waals surface area contributed by atoms with Gasteiger partial charge in [0.2, 0.25) is 0 Å². The van der Waals surface area contributed by atoms with E-state index in [9.17, 15) is 4.79 Å². The van der Waals surface area contributed by atoms with Gasteiger partial charge in [-0.25, -0.2) is 0 Å². The molecule has 1 aromatic carbocycles. The second-order valence-corrected chi connectivity index (χ2v) is 5.31. The van der Waals surface area contributed by atoms with Crippen LogP contribution in [-0.2, 0) is 6.42 Å². The first-order valence-electron chi connectivity index (χ1n) is 6.34. The van der Waals surface area contributed by atoms with Gasteiger partial charge in [0.15, 0.2) is 0 Å². The van der Waals surface area contributed by atoms with Crippen molar-refractivity contribution >= 4 is 29.1 Å². The summed E-state index contributed by atoms with van der Waals surface area (Å²) in [5.74, 6) is 1.32. The Morgan fingerprint density at radius 1 is 1.42 bits per heavy atom. The summed E-state index contributed by atoms with van der Waals surface area (Å²) in [6.45, 7) is 2.64. The van der Waals surface area contributed by atoms with E-state index in [0.717, 1.165) is 17.7 Å². The van der Waals surface area contributed by atoms with E-state index in [1.54, 1.807) is 6.07 Å². The molecule has 1 heterocycles. The Bertz CT molecular complexity index is 464. The lowest BCUT2D eigenvalue weighted by atomic mass is 10.00. The molecule has 1 aromatic rings. The largest absolute Gasteiger partial charge is 0.493 e. The fraction of sp³-hybridized carbons (Fsp3) is 0.500. The number of nitrogens with one attached hydrogen (secondary N) is 1. The minimum absolute atomic E-state index is 0.141. The van der Waals surface area contributed by atoms with Gasteiger partial charge in [-0.1, -0.05) is 6.92 Å². The molecule has 104 valence electrons. The summed E-state index contributed by atoms with van der Waals surface area (Å²) in [5, 5.41) is 2.94. The maximum Gasteiger partial charge on any atom is 0.251 e. The average Bonchev–Trinajstić information content (AvgIpc) is 2.92. The number of alkyl halides is 2. The van der Waals surface area contributed by atoms with Crippen LogP contribution < -0.4 is 10.1 Å².